The first-order valence-corrected chi connectivity index (χ1v) is 10.9. The number of carbonyl (C=O) groups is 1. The van der Waals surface area contributed by atoms with Crippen molar-refractivity contribution in [3.8, 4) is 0 Å². The molecule has 0 heterocycles. The molecule has 0 fully saturated rings. The molecule has 0 radical (unpaired) electrons. The predicted octanol–water partition coefficient (Wildman–Crippen LogP) is 3.98. The van der Waals surface area contributed by atoms with E-state index >= 15 is 0 Å². The van der Waals surface area contributed by atoms with E-state index in [0.717, 1.165) is 21.9 Å². The Morgan fingerprint density at radius 3 is 1.80 bits per heavy atom. The predicted molar refractivity (Wildman–Crippen MR) is 117 cm³/mol. The molecule has 4 aromatic rings. The lowest BCUT2D eigenvalue weighted by atomic mass is 9.91. The van der Waals surface area contributed by atoms with Crippen LogP contribution in [-0.4, -0.2) is 14.3 Å². The number of carbonyl (C=O) groups excluding carboxylic acids is 1. The van der Waals surface area contributed by atoms with E-state index in [1.807, 2.05) is 84.9 Å². The Balaban J connectivity index is 1.58. The summed E-state index contributed by atoms with van der Waals surface area (Å²) in [6.07, 6.45) is 0. The Morgan fingerprint density at radius 1 is 0.667 bits per heavy atom. The summed E-state index contributed by atoms with van der Waals surface area (Å²) in [5, 5.41) is 1.74. The standard InChI is InChI=1S/C24H20N2O3S/c27-24(23(19-10-3-1-4-11-19)20-12-5-2-6-13-20)25-26-30(28,29)22-16-15-18-9-7-8-14-21(18)17-22/h1-17,23,26H,(H,25,27). The second kappa shape index (κ2) is 8.49. The zero-order valence-electron chi connectivity index (χ0n) is 16.0. The molecule has 4 aromatic carbocycles. The Hall–Kier alpha value is -3.48. The summed E-state index contributed by atoms with van der Waals surface area (Å²) >= 11 is 0. The van der Waals surface area contributed by atoms with Crippen molar-refractivity contribution >= 4 is 26.7 Å². The molecule has 5 nitrogen and oxygen atoms in total. The van der Waals surface area contributed by atoms with Crippen LogP contribution in [0.5, 0.6) is 0 Å². The van der Waals surface area contributed by atoms with Crippen LogP contribution in [0.15, 0.2) is 108 Å². The largest absolute Gasteiger partial charge is 0.277 e. The molecule has 0 saturated carbocycles. The molecule has 0 aliphatic heterocycles. The maximum Gasteiger partial charge on any atom is 0.257 e. The number of rotatable bonds is 6. The van der Waals surface area contributed by atoms with Crippen LogP contribution in [0.2, 0.25) is 0 Å². The zero-order valence-corrected chi connectivity index (χ0v) is 16.8. The Labute approximate surface area is 175 Å². The highest BCUT2D eigenvalue weighted by molar-refractivity contribution is 7.89. The first kappa shape index (κ1) is 19.8. The summed E-state index contributed by atoms with van der Waals surface area (Å²) in [6, 6.07) is 30.8. The fraction of sp³-hybridized carbons (Fsp3) is 0.0417. The quantitative estimate of drug-likeness (QED) is 0.467. The van der Waals surface area contributed by atoms with Crippen molar-refractivity contribution in [2.75, 3.05) is 0 Å². The summed E-state index contributed by atoms with van der Waals surface area (Å²) in [5.41, 5.74) is 3.93. The molecule has 0 aliphatic carbocycles. The van der Waals surface area contributed by atoms with Gasteiger partial charge in [-0.2, -0.15) is 0 Å². The van der Waals surface area contributed by atoms with E-state index in [1.165, 1.54) is 6.07 Å². The maximum atomic E-state index is 13.0. The molecule has 6 heteroatoms. The molecule has 0 aliphatic rings. The van der Waals surface area contributed by atoms with E-state index in [9.17, 15) is 13.2 Å². The molecule has 0 spiro atoms. The molecule has 2 N–H and O–H groups in total. The molecule has 0 aromatic heterocycles. The number of nitrogens with one attached hydrogen (secondary N) is 2. The normalized spacial score (nSPS) is 11.5. The lowest BCUT2D eigenvalue weighted by Crippen LogP contribution is -2.44. The average Bonchev–Trinajstić information content (AvgIpc) is 2.79. The van der Waals surface area contributed by atoms with Gasteiger partial charge in [-0.3, -0.25) is 10.2 Å². The van der Waals surface area contributed by atoms with Crippen LogP contribution in [0, 0.1) is 0 Å². The molecule has 150 valence electrons. The van der Waals surface area contributed by atoms with Crippen molar-refractivity contribution in [1.82, 2.24) is 10.3 Å². The molecule has 0 atom stereocenters. The van der Waals surface area contributed by atoms with Crippen LogP contribution in [0.3, 0.4) is 0 Å². The van der Waals surface area contributed by atoms with Crippen LogP contribution in [0.4, 0.5) is 0 Å². The minimum absolute atomic E-state index is 0.0810. The molecule has 0 unspecified atom stereocenters. The SMILES string of the molecule is O=C(NNS(=O)(=O)c1ccc2ccccc2c1)C(c1ccccc1)c1ccccc1. The van der Waals surface area contributed by atoms with Gasteiger partial charge in [0.15, 0.2) is 0 Å². The third-order valence-corrected chi connectivity index (χ3v) is 6.11. The number of fused-ring (bicyclic) bond motifs is 1. The minimum atomic E-state index is -3.93. The van der Waals surface area contributed by atoms with E-state index < -0.39 is 21.8 Å². The van der Waals surface area contributed by atoms with Crippen molar-refractivity contribution in [2.45, 2.75) is 10.8 Å². The summed E-state index contributed by atoms with van der Waals surface area (Å²) < 4.78 is 25.5. The van der Waals surface area contributed by atoms with Gasteiger partial charge in [-0.1, -0.05) is 91.0 Å². The van der Waals surface area contributed by atoms with Gasteiger partial charge in [-0.15, -0.1) is 4.83 Å². The maximum absolute atomic E-state index is 13.0. The van der Waals surface area contributed by atoms with Crippen molar-refractivity contribution in [3.63, 3.8) is 0 Å². The van der Waals surface area contributed by atoms with Crippen LogP contribution >= 0.6 is 0 Å². The molecule has 0 bridgehead atoms. The minimum Gasteiger partial charge on any atom is -0.277 e. The van der Waals surface area contributed by atoms with Gasteiger partial charge < -0.3 is 0 Å². The van der Waals surface area contributed by atoms with E-state index in [0.29, 0.717) is 0 Å². The van der Waals surface area contributed by atoms with Gasteiger partial charge in [0.1, 0.15) is 0 Å². The van der Waals surface area contributed by atoms with Crippen LogP contribution in [0.1, 0.15) is 17.0 Å². The van der Waals surface area contributed by atoms with E-state index in [1.54, 1.807) is 12.1 Å². The van der Waals surface area contributed by atoms with Crippen LogP contribution < -0.4 is 10.3 Å². The fourth-order valence-electron chi connectivity index (χ4n) is 3.37. The van der Waals surface area contributed by atoms with Crippen molar-refractivity contribution in [3.05, 3.63) is 114 Å². The van der Waals surface area contributed by atoms with Crippen molar-refractivity contribution < 1.29 is 13.2 Å². The lowest BCUT2D eigenvalue weighted by Gasteiger charge is -2.18. The highest BCUT2D eigenvalue weighted by Crippen LogP contribution is 2.25. The highest BCUT2D eigenvalue weighted by Gasteiger charge is 2.24. The van der Waals surface area contributed by atoms with E-state index in [-0.39, 0.29) is 4.90 Å². The smallest absolute Gasteiger partial charge is 0.257 e. The summed E-state index contributed by atoms with van der Waals surface area (Å²) in [5.74, 6) is -1.11. The van der Waals surface area contributed by atoms with E-state index in [4.69, 9.17) is 0 Å². The third kappa shape index (κ3) is 4.25. The second-order valence-electron chi connectivity index (χ2n) is 6.86. The summed E-state index contributed by atoms with van der Waals surface area (Å²) in [7, 11) is -3.93. The number of amides is 1. The second-order valence-corrected chi connectivity index (χ2v) is 8.54. The molecule has 30 heavy (non-hydrogen) atoms. The monoisotopic (exact) mass is 416 g/mol. The Kier molecular flexibility index (Phi) is 5.61. The molecule has 0 saturated heterocycles. The number of sulfonamides is 1. The number of hydrogen-bond acceptors (Lipinski definition) is 3. The fourth-order valence-corrected chi connectivity index (χ4v) is 4.25. The van der Waals surface area contributed by atoms with Gasteiger partial charge >= 0.3 is 0 Å². The molecular weight excluding hydrogens is 396 g/mol. The molecule has 4 rings (SSSR count). The highest BCUT2D eigenvalue weighted by atomic mass is 32.2. The molecular formula is C24H20N2O3S. The Bertz CT molecular complexity index is 1230. The number of hydrazine groups is 1. The van der Waals surface area contributed by atoms with Crippen molar-refractivity contribution in [2.24, 2.45) is 0 Å². The Morgan fingerprint density at radius 2 is 1.20 bits per heavy atom. The number of benzene rings is 4. The first-order chi connectivity index (χ1) is 14.5. The lowest BCUT2D eigenvalue weighted by molar-refractivity contribution is -0.122. The van der Waals surface area contributed by atoms with E-state index in [2.05, 4.69) is 10.3 Å². The van der Waals surface area contributed by atoms with Gasteiger partial charge in [-0.25, -0.2) is 8.42 Å². The van der Waals surface area contributed by atoms with Gasteiger partial charge in [0.25, 0.3) is 10.0 Å². The van der Waals surface area contributed by atoms with Gasteiger partial charge in [0.05, 0.1) is 10.8 Å². The van der Waals surface area contributed by atoms with Gasteiger partial charge in [0, 0.05) is 0 Å². The third-order valence-electron chi connectivity index (χ3n) is 4.87. The van der Waals surface area contributed by atoms with Crippen LogP contribution in [-0.2, 0) is 14.8 Å². The average molecular weight is 417 g/mol. The van der Waals surface area contributed by atoms with Crippen molar-refractivity contribution in [1.29, 1.82) is 0 Å². The first-order valence-electron chi connectivity index (χ1n) is 9.45. The zero-order chi connectivity index (χ0) is 21.0. The topological polar surface area (TPSA) is 75.3 Å². The van der Waals surface area contributed by atoms with Gasteiger partial charge in [-0.05, 0) is 34.0 Å². The molecule has 1 amide bonds. The number of hydrogen-bond donors (Lipinski definition) is 2. The summed E-state index contributed by atoms with van der Waals surface area (Å²) in [6.45, 7) is 0. The summed E-state index contributed by atoms with van der Waals surface area (Å²) in [4.78, 5) is 15.3. The van der Waals surface area contributed by atoms with Crippen LogP contribution in [0.25, 0.3) is 10.8 Å². The van der Waals surface area contributed by atoms with Gasteiger partial charge in [0.2, 0.25) is 5.91 Å².